The molecule has 0 N–H and O–H groups in total. The van der Waals surface area contributed by atoms with Crippen LogP contribution in [0.2, 0.25) is 0 Å². The average Bonchev–Trinajstić information content (AvgIpc) is 3.34. The van der Waals surface area contributed by atoms with Crippen molar-refractivity contribution in [2.24, 2.45) is 0 Å². The number of aryl methyl sites for hydroxylation is 1. The molecule has 0 saturated carbocycles. The zero-order valence-electron chi connectivity index (χ0n) is 21.1. The average molecular weight is 520 g/mol. The summed E-state index contributed by atoms with van der Waals surface area (Å²) in [7, 11) is 0.168. The lowest BCUT2D eigenvalue weighted by Crippen LogP contribution is -2.50. The second kappa shape index (κ2) is 9.95. The first-order valence-electron chi connectivity index (χ1n) is 12.1. The maximum atomic E-state index is 13.6. The smallest absolute Gasteiger partial charge is 0.243 e. The van der Waals surface area contributed by atoms with Gasteiger partial charge in [-0.1, -0.05) is 53.7 Å². The van der Waals surface area contributed by atoms with Crippen LogP contribution in [0.5, 0.6) is 0 Å². The number of hydrogen-bond donors (Lipinski definition) is 0. The molecule has 1 fully saturated rings. The monoisotopic (exact) mass is 519 g/mol. The highest BCUT2D eigenvalue weighted by molar-refractivity contribution is 7.89. The predicted octanol–water partition coefficient (Wildman–Crippen LogP) is 3.34. The molecule has 9 nitrogen and oxygen atoms in total. The number of anilines is 1. The zero-order valence-corrected chi connectivity index (χ0v) is 21.9. The first-order chi connectivity index (χ1) is 17.7. The van der Waals surface area contributed by atoms with Gasteiger partial charge in [0.1, 0.15) is 0 Å². The number of carbonyl (C=O) groups excluding carboxylic acids is 1. The fraction of sp³-hybridized carbons (Fsp3) is 0.296. The first-order valence-corrected chi connectivity index (χ1v) is 13.5. The number of piperazine rings is 1. The Morgan fingerprint density at radius 1 is 0.946 bits per heavy atom. The molecule has 1 aromatic heterocycles. The van der Waals surface area contributed by atoms with E-state index in [2.05, 4.69) is 10.1 Å². The van der Waals surface area contributed by atoms with Crippen LogP contribution >= 0.6 is 0 Å². The van der Waals surface area contributed by atoms with Gasteiger partial charge in [-0.05, 0) is 17.7 Å². The van der Waals surface area contributed by atoms with Crippen LogP contribution < -0.4 is 4.90 Å². The van der Waals surface area contributed by atoms with Crippen molar-refractivity contribution in [3.8, 4) is 11.4 Å². The third-order valence-electron chi connectivity index (χ3n) is 6.65. The molecule has 0 aliphatic carbocycles. The van der Waals surface area contributed by atoms with E-state index in [0.717, 1.165) is 22.2 Å². The van der Waals surface area contributed by atoms with Crippen LogP contribution in [0.25, 0.3) is 22.2 Å². The van der Waals surface area contributed by atoms with Crippen LogP contribution in [0.1, 0.15) is 11.5 Å². The van der Waals surface area contributed by atoms with Crippen molar-refractivity contribution in [3.63, 3.8) is 0 Å². The summed E-state index contributed by atoms with van der Waals surface area (Å²) >= 11 is 0. The Hall–Kier alpha value is -3.76. The highest BCUT2D eigenvalue weighted by Crippen LogP contribution is 2.32. The van der Waals surface area contributed by atoms with Gasteiger partial charge < -0.3 is 14.3 Å². The number of benzene rings is 3. The zero-order chi connectivity index (χ0) is 26.2. The van der Waals surface area contributed by atoms with Crippen LogP contribution in [0.3, 0.4) is 0 Å². The summed E-state index contributed by atoms with van der Waals surface area (Å²) in [5, 5.41) is 5.50. The molecule has 0 radical (unpaired) electrons. The molecule has 5 rings (SSSR count). The lowest BCUT2D eigenvalue weighted by molar-refractivity contribution is -0.131. The van der Waals surface area contributed by atoms with Crippen LogP contribution in [0, 0.1) is 6.92 Å². The fourth-order valence-corrected chi connectivity index (χ4v) is 6.30. The maximum absolute atomic E-state index is 13.6. The SMILES string of the molecule is Cc1nc(-c2ccc(CC(=O)N3CCN(S(=O)(=O)c4cccc5c(N(C)C)cccc45)CC3)cc2)no1. The summed E-state index contributed by atoms with van der Waals surface area (Å²) in [5.41, 5.74) is 2.65. The van der Waals surface area contributed by atoms with Crippen molar-refractivity contribution in [2.45, 2.75) is 18.2 Å². The minimum Gasteiger partial charge on any atom is -0.377 e. The van der Waals surface area contributed by atoms with Crippen LogP contribution in [-0.2, 0) is 21.2 Å². The van der Waals surface area contributed by atoms with Crippen molar-refractivity contribution < 1.29 is 17.7 Å². The van der Waals surface area contributed by atoms with Crippen molar-refractivity contribution in [2.75, 3.05) is 45.2 Å². The minimum atomic E-state index is -3.71. The fourth-order valence-electron chi connectivity index (χ4n) is 4.67. The Kier molecular flexibility index (Phi) is 6.70. The van der Waals surface area contributed by atoms with Gasteiger partial charge >= 0.3 is 0 Å². The molecule has 4 aromatic rings. The molecule has 1 aliphatic heterocycles. The first kappa shape index (κ1) is 24.9. The van der Waals surface area contributed by atoms with E-state index in [9.17, 15) is 13.2 Å². The van der Waals surface area contributed by atoms with Crippen molar-refractivity contribution in [3.05, 3.63) is 72.1 Å². The van der Waals surface area contributed by atoms with E-state index in [4.69, 9.17) is 4.52 Å². The van der Waals surface area contributed by atoms with Gasteiger partial charge in [0, 0.05) is 69.2 Å². The van der Waals surface area contributed by atoms with Gasteiger partial charge in [-0.25, -0.2) is 8.42 Å². The number of rotatable bonds is 6. The van der Waals surface area contributed by atoms with Gasteiger partial charge in [0.2, 0.25) is 27.6 Å². The van der Waals surface area contributed by atoms with Gasteiger partial charge in [0.05, 0.1) is 11.3 Å². The predicted molar refractivity (Wildman–Crippen MR) is 142 cm³/mol. The van der Waals surface area contributed by atoms with Crippen molar-refractivity contribution in [1.29, 1.82) is 0 Å². The molecule has 1 aliphatic rings. The third-order valence-corrected chi connectivity index (χ3v) is 8.60. The lowest BCUT2D eigenvalue weighted by atomic mass is 10.1. The summed E-state index contributed by atoms with van der Waals surface area (Å²) in [6, 6.07) is 18.6. The van der Waals surface area contributed by atoms with Crippen LogP contribution in [-0.4, -0.2) is 73.9 Å². The Labute approximate surface area is 216 Å². The van der Waals surface area contributed by atoms with E-state index in [0.29, 0.717) is 35.1 Å². The number of fused-ring (bicyclic) bond motifs is 1. The molecule has 1 amide bonds. The molecule has 1 saturated heterocycles. The summed E-state index contributed by atoms with van der Waals surface area (Å²) in [6.07, 6.45) is 0.245. The van der Waals surface area contributed by atoms with Crippen LogP contribution in [0.15, 0.2) is 70.1 Å². The molecule has 0 spiro atoms. The number of nitrogens with zero attached hydrogens (tertiary/aromatic N) is 5. The maximum Gasteiger partial charge on any atom is 0.243 e. The minimum absolute atomic E-state index is 0.0269. The van der Waals surface area contributed by atoms with Gasteiger partial charge in [0.15, 0.2) is 0 Å². The molecule has 0 unspecified atom stereocenters. The largest absolute Gasteiger partial charge is 0.377 e. The highest BCUT2D eigenvalue weighted by Gasteiger charge is 2.31. The quantitative estimate of drug-likeness (QED) is 0.385. The van der Waals surface area contributed by atoms with E-state index in [1.165, 1.54) is 4.31 Å². The summed E-state index contributed by atoms with van der Waals surface area (Å²) in [5.74, 6) is 0.979. The third kappa shape index (κ3) is 4.94. The molecule has 2 heterocycles. The number of sulfonamides is 1. The number of carbonyl (C=O) groups is 1. The van der Waals surface area contributed by atoms with E-state index < -0.39 is 10.0 Å². The molecular weight excluding hydrogens is 490 g/mol. The second-order valence-electron chi connectivity index (χ2n) is 9.32. The lowest BCUT2D eigenvalue weighted by Gasteiger charge is -2.34. The number of hydrogen-bond acceptors (Lipinski definition) is 7. The van der Waals surface area contributed by atoms with E-state index in [-0.39, 0.29) is 25.4 Å². The van der Waals surface area contributed by atoms with Gasteiger partial charge in [-0.15, -0.1) is 0 Å². The van der Waals surface area contributed by atoms with E-state index in [1.807, 2.05) is 67.5 Å². The van der Waals surface area contributed by atoms with Gasteiger partial charge in [-0.3, -0.25) is 4.79 Å². The molecule has 0 atom stereocenters. The molecular formula is C27H29N5O4S. The Morgan fingerprint density at radius 3 is 2.27 bits per heavy atom. The number of amides is 1. The Bertz CT molecular complexity index is 1540. The van der Waals surface area contributed by atoms with E-state index >= 15 is 0 Å². The molecule has 3 aromatic carbocycles. The highest BCUT2D eigenvalue weighted by atomic mass is 32.2. The second-order valence-corrected chi connectivity index (χ2v) is 11.2. The molecule has 10 heteroatoms. The number of aromatic nitrogens is 2. The topological polar surface area (TPSA) is 99.9 Å². The molecule has 0 bridgehead atoms. The summed E-state index contributed by atoms with van der Waals surface area (Å²) in [6.45, 7) is 2.96. The van der Waals surface area contributed by atoms with Crippen LogP contribution in [0.4, 0.5) is 5.69 Å². The van der Waals surface area contributed by atoms with Gasteiger partial charge in [-0.2, -0.15) is 9.29 Å². The van der Waals surface area contributed by atoms with Crippen molar-refractivity contribution >= 4 is 32.4 Å². The molecule has 192 valence electrons. The van der Waals surface area contributed by atoms with E-state index in [1.54, 1.807) is 24.0 Å². The Morgan fingerprint density at radius 2 is 1.62 bits per heavy atom. The van der Waals surface area contributed by atoms with Crippen molar-refractivity contribution in [1.82, 2.24) is 19.3 Å². The Balaban J connectivity index is 1.25. The summed E-state index contributed by atoms with van der Waals surface area (Å²) in [4.78, 5) is 21.2. The van der Waals surface area contributed by atoms with Gasteiger partial charge in [0.25, 0.3) is 0 Å². The normalized spacial score (nSPS) is 14.7. The standard InChI is InChI=1S/C27H29N5O4S/c1-19-28-27(29-36-19)21-12-10-20(11-13-21)18-26(33)31-14-16-32(17-15-31)37(34,35)25-9-5-6-22-23(25)7-4-8-24(22)30(2)3/h4-13H,14-18H2,1-3H3. The summed E-state index contributed by atoms with van der Waals surface area (Å²) < 4.78 is 33.7. The molecule has 37 heavy (non-hydrogen) atoms.